The monoisotopic (exact) mass is 839 g/mol. The molecule has 0 N–H and O–H groups in total. The maximum atomic E-state index is 7.06. The molecule has 0 amide bonds. The van der Waals surface area contributed by atoms with E-state index in [1.807, 2.05) is 6.07 Å². The average molecular weight is 840 g/mol. The summed E-state index contributed by atoms with van der Waals surface area (Å²) in [5.41, 5.74) is 10.9. The number of nitrogens with zero attached hydrogens (tertiary/aromatic N) is 1. The van der Waals surface area contributed by atoms with Gasteiger partial charge in [-0.25, -0.2) is 0 Å². The topological polar surface area (TPSA) is 25.6 Å². The van der Waals surface area contributed by atoms with Crippen LogP contribution in [-0.2, 0) is 0 Å². The Balaban J connectivity index is 0.987. The average Bonchev–Trinajstić information content (AvgIpc) is 3.77. The highest BCUT2D eigenvalue weighted by Gasteiger charge is 2.30. The molecule has 3 nitrogen and oxygen atoms in total. The SMILES string of the molecule is c1ccc(B(c2cc3c4cccc5c4c(cc3c3ccccc23)-c2ccc(N(c3ccccc3)c3cc4ccccc4c4ccccc34)cc2O5)c2cccc3c2oc2ccccc23)cc1. The van der Waals surface area contributed by atoms with Gasteiger partial charge in [0, 0.05) is 44.5 Å². The third-order valence-electron chi connectivity index (χ3n) is 13.9. The Morgan fingerprint density at radius 1 is 0.348 bits per heavy atom. The molecule has 0 saturated carbocycles. The molecule has 1 aliphatic rings. The van der Waals surface area contributed by atoms with Crippen LogP contribution in [0.3, 0.4) is 0 Å². The van der Waals surface area contributed by atoms with E-state index in [-0.39, 0.29) is 6.71 Å². The van der Waals surface area contributed by atoms with Gasteiger partial charge in [-0.15, -0.1) is 0 Å². The Hall–Kier alpha value is -8.60. The standard InChI is InChI=1S/C62H38BNO2/c1-3-18-40(19-4-1)63(55-30-15-29-51-48-27-13-14-31-58(48)66-62(51)55)56-38-53-50-28-16-32-59-61(50)54(37-52(53)45-24-9-11-25-46(45)56)49-34-33-42(36-60(49)65-59)64(41-20-5-2-6-21-41)57-35-39-17-7-8-22-43(39)44-23-10-12-26-47(44)57/h1-38H. The van der Waals surface area contributed by atoms with Crippen molar-refractivity contribution in [3.05, 3.63) is 231 Å². The number of hydrogen-bond acceptors (Lipinski definition) is 3. The zero-order valence-corrected chi connectivity index (χ0v) is 35.8. The molecular formula is C62H38BNO2. The summed E-state index contributed by atoms with van der Waals surface area (Å²) in [5, 5.41) is 14.3. The minimum atomic E-state index is -0.0988. The first kappa shape index (κ1) is 36.8. The highest BCUT2D eigenvalue weighted by Crippen LogP contribution is 2.52. The predicted molar refractivity (Wildman–Crippen MR) is 279 cm³/mol. The number of ether oxygens (including phenoxy) is 1. The van der Waals surface area contributed by atoms with E-state index >= 15 is 0 Å². The van der Waals surface area contributed by atoms with Gasteiger partial charge in [-0.3, -0.25) is 0 Å². The lowest BCUT2D eigenvalue weighted by Crippen LogP contribution is -2.52. The second-order valence-corrected chi connectivity index (χ2v) is 17.5. The summed E-state index contributed by atoms with van der Waals surface area (Å²) in [6.07, 6.45) is 0. The van der Waals surface area contributed by atoms with Gasteiger partial charge in [-0.2, -0.15) is 0 Å². The number of para-hydroxylation sites is 3. The molecule has 0 bridgehead atoms. The smallest absolute Gasteiger partial charge is 0.246 e. The van der Waals surface area contributed by atoms with Crippen LogP contribution in [0.2, 0.25) is 0 Å². The van der Waals surface area contributed by atoms with E-state index < -0.39 is 0 Å². The van der Waals surface area contributed by atoms with Crippen LogP contribution in [-0.4, -0.2) is 6.71 Å². The maximum absolute atomic E-state index is 7.06. The molecule has 0 spiro atoms. The third-order valence-corrected chi connectivity index (χ3v) is 13.9. The first-order valence-electron chi connectivity index (χ1n) is 22.7. The summed E-state index contributed by atoms with van der Waals surface area (Å²) in [5.74, 6) is 1.69. The van der Waals surface area contributed by atoms with Gasteiger partial charge in [-0.05, 0) is 103 Å². The van der Waals surface area contributed by atoms with Crippen molar-refractivity contribution >= 4 is 116 Å². The van der Waals surface area contributed by atoms with Crippen LogP contribution in [0.4, 0.5) is 17.1 Å². The Morgan fingerprint density at radius 2 is 0.985 bits per heavy atom. The number of rotatable bonds is 6. The molecule has 12 aromatic carbocycles. The van der Waals surface area contributed by atoms with Crippen LogP contribution in [0.5, 0.6) is 11.5 Å². The Bertz CT molecular complexity index is 4100. The molecule has 66 heavy (non-hydrogen) atoms. The van der Waals surface area contributed by atoms with E-state index in [4.69, 9.17) is 9.15 Å². The van der Waals surface area contributed by atoms with Crippen LogP contribution in [0.1, 0.15) is 0 Å². The zero-order valence-electron chi connectivity index (χ0n) is 35.8. The Kier molecular flexibility index (Phi) is 8.08. The lowest BCUT2D eigenvalue weighted by molar-refractivity contribution is 0.487. The fourth-order valence-electron chi connectivity index (χ4n) is 11.1. The molecule has 4 heteroatoms. The van der Waals surface area contributed by atoms with Crippen molar-refractivity contribution in [1.29, 1.82) is 0 Å². The highest BCUT2D eigenvalue weighted by atomic mass is 16.5. The Morgan fingerprint density at radius 3 is 1.82 bits per heavy atom. The van der Waals surface area contributed by atoms with Gasteiger partial charge in [0.25, 0.3) is 0 Å². The largest absolute Gasteiger partial charge is 0.457 e. The number of benzene rings is 12. The van der Waals surface area contributed by atoms with E-state index in [0.717, 1.165) is 66.9 Å². The molecule has 306 valence electrons. The van der Waals surface area contributed by atoms with Crippen molar-refractivity contribution in [1.82, 2.24) is 0 Å². The second-order valence-electron chi connectivity index (χ2n) is 17.5. The molecule has 0 aliphatic carbocycles. The van der Waals surface area contributed by atoms with Crippen molar-refractivity contribution in [2.75, 3.05) is 4.90 Å². The van der Waals surface area contributed by atoms with Crippen molar-refractivity contribution in [2.45, 2.75) is 0 Å². The minimum Gasteiger partial charge on any atom is -0.457 e. The molecule has 0 atom stereocenters. The maximum Gasteiger partial charge on any atom is 0.246 e. The van der Waals surface area contributed by atoms with Crippen molar-refractivity contribution in [2.24, 2.45) is 0 Å². The van der Waals surface area contributed by atoms with Crippen molar-refractivity contribution < 1.29 is 9.15 Å². The quantitative estimate of drug-likeness (QED) is 0.123. The number of fused-ring (bicyclic) bond motifs is 12. The van der Waals surface area contributed by atoms with Crippen LogP contribution < -0.4 is 26.0 Å². The third kappa shape index (κ3) is 5.52. The van der Waals surface area contributed by atoms with Gasteiger partial charge in [0.1, 0.15) is 22.7 Å². The summed E-state index contributed by atoms with van der Waals surface area (Å²) in [6.45, 7) is -0.0988. The lowest BCUT2D eigenvalue weighted by Gasteiger charge is -2.29. The number of furan rings is 1. The van der Waals surface area contributed by atoms with Gasteiger partial charge < -0.3 is 14.1 Å². The van der Waals surface area contributed by atoms with Crippen LogP contribution in [0.15, 0.2) is 235 Å². The lowest BCUT2D eigenvalue weighted by atomic mass is 9.36. The molecule has 1 aromatic heterocycles. The molecule has 0 unspecified atom stereocenters. The molecule has 14 rings (SSSR count). The summed E-state index contributed by atoms with van der Waals surface area (Å²) < 4.78 is 13.8. The fraction of sp³-hybridized carbons (Fsp3) is 0. The molecule has 13 aromatic rings. The second kappa shape index (κ2) is 14.5. The van der Waals surface area contributed by atoms with Crippen LogP contribution >= 0.6 is 0 Å². The predicted octanol–water partition coefficient (Wildman–Crippen LogP) is 15.1. The highest BCUT2D eigenvalue weighted by molar-refractivity contribution is 6.98. The summed E-state index contributed by atoms with van der Waals surface area (Å²) >= 11 is 0. The van der Waals surface area contributed by atoms with Gasteiger partial charge in [0.15, 0.2) is 0 Å². The molecule has 0 saturated heterocycles. The van der Waals surface area contributed by atoms with E-state index in [9.17, 15) is 0 Å². The van der Waals surface area contributed by atoms with Gasteiger partial charge in [0.2, 0.25) is 6.71 Å². The Labute approximate surface area is 381 Å². The molecule has 0 radical (unpaired) electrons. The van der Waals surface area contributed by atoms with Crippen LogP contribution in [0.25, 0.3) is 86.9 Å². The minimum absolute atomic E-state index is 0.0988. The first-order valence-corrected chi connectivity index (χ1v) is 22.7. The molecule has 1 aliphatic heterocycles. The molecule has 0 fully saturated rings. The molecular weight excluding hydrogens is 801 g/mol. The van der Waals surface area contributed by atoms with Crippen LogP contribution in [0, 0.1) is 0 Å². The van der Waals surface area contributed by atoms with E-state index in [2.05, 4.69) is 229 Å². The summed E-state index contributed by atoms with van der Waals surface area (Å²) in [6, 6.07) is 83.4. The molecule has 2 heterocycles. The normalized spacial score (nSPS) is 12.1. The van der Waals surface area contributed by atoms with Gasteiger partial charge >= 0.3 is 0 Å². The summed E-state index contributed by atoms with van der Waals surface area (Å²) in [4.78, 5) is 2.37. The van der Waals surface area contributed by atoms with E-state index in [0.29, 0.717) is 0 Å². The van der Waals surface area contributed by atoms with E-state index in [1.54, 1.807) is 0 Å². The zero-order chi connectivity index (χ0) is 43.3. The van der Waals surface area contributed by atoms with Gasteiger partial charge in [-0.1, -0.05) is 187 Å². The number of anilines is 3. The van der Waals surface area contributed by atoms with Crippen molar-refractivity contribution in [3.8, 4) is 22.6 Å². The van der Waals surface area contributed by atoms with Gasteiger partial charge in [0.05, 0.1) is 5.69 Å². The van der Waals surface area contributed by atoms with E-state index in [1.165, 1.54) is 65.0 Å². The number of hydrogen-bond donors (Lipinski definition) is 0. The summed E-state index contributed by atoms with van der Waals surface area (Å²) in [7, 11) is 0. The van der Waals surface area contributed by atoms with Crippen molar-refractivity contribution in [3.63, 3.8) is 0 Å². The first-order chi connectivity index (χ1) is 32.7. The fourth-order valence-corrected chi connectivity index (χ4v) is 11.1.